The van der Waals surface area contributed by atoms with Gasteiger partial charge in [0.15, 0.2) is 0 Å². The normalized spacial score (nSPS) is 17.6. The highest BCUT2D eigenvalue weighted by Crippen LogP contribution is 2.50. The van der Waals surface area contributed by atoms with E-state index in [0.717, 1.165) is 23.1 Å². The highest BCUT2D eigenvalue weighted by molar-refractivity contribution is 9.10. The SMILES string of the molecule is C=C1CC(c2cccc(Br)c2)(c2nncn2C)C1. The number of nitrogens with zero attached hydrogens (tertiary/aromatic N) is 3. The Morgan fingerprint density at radius 3 is 2.72 bits per heavy atom. The van der Waals surface area contributed by atoms with Crippen LogP contribution in [0.1, 0.15) is 24.2 Å². The number of hydrogen-bond donors (Lipinski definition) is 0. The van der Waals surface area contributed by atoms with E-state index in [-0.39, 0.29) is 5.41 Å². The van der Waals surface area contributed by atoms with Gasteiger partial charge in [0.25, 0.3) is 0 Å². The number of halogens is 1. The first kappa shape index (κ1) is 11.7. The zero-order chi connectivity index (χ0) is 12.8. The summed E-state index contributed by atoms with van der Waals surface area (Å²) in [5.74, 6) is 1.02. The van der Waals surface area contributed by atoms with Crippen LogP contribution in [0.3, 0.4) is 0 Å². The van der Waals surface area contributed by atoms with Crippen LogP contribution >= 0.6 is 15.9 Å². The molecule has 4 heteroatoms. The summed E-state index contributed by atoms with van der Waals surface area (Å²) in [6, 6.07) is 8.44. The van der Waals surface area contributed by atoms with E-state index in [1.807, 2.05) is 17.7 Å². The number of aryl methyl sites for hydroxylation is 1. The van der Waals surface area contributed by atoms with Gasteiger partial charge in [-0.05, 0) is 30.5 Å². The molecule has 0 bridgehead atoms. The monoisotopic (exact) mass is 303 g/mol. The molecule has 0 aliphatic heterocycles. The van der Waals surface area contributed by atoms with Gasteiger partial charge < -0.3 is 4.57 Å². The number of benzene rings is 1. The highest BCUT2D eigenvalue weighted by Gasteiger charge is 2.46. The smallest absolute Gasteiger partial charge is 0.143 e. The fourth-order valence-electron chi connectivity index (χ4n) is 2.80. The van der Waals surface area contributed by atoms with Crippen molar-refractivity contribution < 1.29 is 0 Å². The molecule has 0 saturated heterocycles. The summed E-state index contributed by atoms with van der Waals surface area (Å²) in [6.07, 6.45) is 3.67. The Hall–Kier alpha value is -1.42. The van der Waals surface area contributed by atoms with E-state index in [9.17, 15) is 0 Å². The van der Waals surface area contributed by atoms with E-state index in [2.05, 4.69) is 50.9 Å². The van der Waals surface area contributed by atoms with Crippen molar-refractivity contribution in [3.05, 3.63) is 58.6 Å². The minimum absolute atomic E-state index is 0.0495. The van der Waals surface area contributed by atoms with Gasteiger partial charge >= 0.3 is 0 Å². The van der Waals surface area contributed by atoms with Crippen molar-refractivity contribution in [2.24, 2.45) is 7.05 Å². The third-order valence-corrected chi connectivity index (χ3v) is 4.11. The summed E-state index contributed by atoms with van der Waals surface area (Å²) >= 11 is 3.54. The average molecular weight is 304 g/mol. The molecule has 0 radical (unpaired) electrons. The van der Waals surface area contributed by atoms with Gasteiger partial charge in [0.1, 0.15) is 12.2 Å². The van der Waals surface area contributed by atoms with Crippen LogP contribution < -0.4 is 0 Å². The maximum absolute atomic E-state index is 4.31. The second-order valence-corrected chi connectivity index (χ2v) is 5.88. The van der Waals surface area contributed by atoms with Crippen LogP contribution in [-0.2, 0) is 12.5 Å². The van der Waals surface area contributed by atoms with Gasteiger partial charge in [-0.15, -0.1) is 10.2 Å². The molecule has 0 spiro atoms. The Morgan fingerprint density at radius 2 is 2.17 bits per heavy atom. The molecule has 1 saturated carbocycles. The molecule has 0 unspecified atom stereocenters. The molecule has 0 amide bonds. The van der Waals surface area contributed by atoms with Crippen molar-refractivity contribution in [1.29, 1.82) is 0 Å². The van der Waals surface area contributed by atoms with E-state index in [1.165, 1.54) is 11.1 Å². The fourth-order valence-corrected chi connectivity index (χ4v) is 3.19. The summed E-state index contributed by atoms with van der Waals surface area (Å²) < 4.78 is 3.10. The van der Waals surface area contributed by atoms with Crippen LogP contribution in [0.25, 0.3) is 0 Å². The Labute approximate surface area is 115 Å². The number of allylic oxidation sites excluding steroid dienone is 1. The van der Waals surface area contributed by atoms with Crippen LogP contribution in [0.2, 0.25) is 0 Å². The lowest BCUT2D eigenvalue weighted by Gasteiger charge is -2.43. The minimum atomic E-state index is -0.0495. The Kier molecular flexibility index (Phi) is 2.63. The zero-order valence-corrected chi connectivity index (χ0v) is 11.8. The highest BCUT2D eigenvalue weighted by atomic mass is 79.9. The lowest BCUT2D eigenvalue weighted by molar-refractivity contribution is 0.370. The molecule has 1 aromatic heterocycles. The van der Waals surface area contributed by atoms with E-state index in [1.54, 1.807) is 6.33 Å². The maximum Gasteiger partial charge on any atom is 0.143 e. The Bertz CT molecular complexity index is 607. The van der Waals surface area contributed by atoms with Crippen LogP contribution in [0.15, 0.2) is 47.2 Å². The molecule has 1 aliphatic carbocycles. The zero-order valence-electron chi connectivity index (χ0n) is 10.2. The molecular formula is C14H14BrN3. The van der Waals surface area contributed by atoms with Gasteiger partial charge in [0, 0.05) is 11.5 Å². The molecule has 92 valence electrons. The van der Waals surface area contributed by atoms with Crippen molar-refractivity contribution in [3.8, 4) is 0 Å². The van der Waals surface area contributed by atoms with E-state index in [4.69, 9.17) is 0 Å². The Morgan fingerprint density at radius 1 is 1.39 bits per heavy atom. The van der Waals surface area contributed by atoms with Gasteiger partial charge in [-0.25, -0.2) is 0 Å². The fraction of sp³-hybridized carbons (Fsp3) is 0.286. The molecule has 1 aromatic carbocycles. The van der Waals surface area contributed by atoms with Crippen molar-refractivity contribution >= 4 is 15.9 Å². The predicted octanol–water partition coefficient (Wildman–Crippen LogP) is 3.21. The maximum atomic E-state index is 4.31. The average Bonchev–Trinajstić information content (AvgIpc) is 2.71. The molecule has 1 heterocycles. The van der Waals surface area contributed by atoms with Crippen molar-refractivity contribution in [2.45, 2.75) is 18.3 Å². The van der Waals surface area contributed by atoms with Crippen LogP contribution in [0.5, 0.6) is 0 Å². The second-order valence-electron chi connectivity index (χ2n) is 4.96. The summed E-state index contributed by atoms with van der Waals surface area (Å²) in [5.41, 5.74) is 2.50. The third-order valence-electron chi connectivity index (χ3n) is 3.62. The molecule has 0 N–H and O–H groups in total. The summed E-state index contributed by atoms with van der Waals surface area (Å²) in [6.45, 7) is 4.07. The summed E-state index contributed by atoms with van der Waals surface area (Å²) in [7, 11) is 2.00. The standard InChI is InChI=1S/C14H14BrN3/c1-10-7-14(8-10,13-17-16-9-18(13)2)11-4-3-5-12(15)6-11/h3-6,9H,1,7-8H2,2H3. The largest absolute Gasteiger partial charge is 0.320 e. The summed E-state index contributed by atoms with van der Waals surface area (Å²) in [4.78, 5) is 0. The van der Waals surface area contributed by atoms with Gasteiger partial charge in [0.2, 0.25) is 0 Å². The molecule has 2 aromatic rings. The number of hydrogen-bond acceptors (Lipinski definition) is 2. The molecule has 18 heavy (non-hydrogen) atoms. The van der Waals surface area contributed by atoms with Crippen molar-refractivity contribution in [2.75, 3.05) is 0 Å². The molecule has 1 fully saturated rings. The van der Waals surface area contributed by atoms with E-state index in [0.29, 0.717) is 0 Å². The Balaban J connectivity index is 2.14. The van der Waals surface area contributed by atoms with Gasteiger partial charge in [-0.3, -0.25) is 0 Å². The first-order valence-corrected chi connectivity index (χ1v) is 6.68. The lowest BCUT2D eigenvalue weighted by atomic mass is 9.61. The topological polar surface area (TPSA) is 30.7 Å². The quantitative estimate of drug-likeness (QED) is 0.798. The number of aromatic nitrogens is 3. The van der Waals surface area contributed by atoms with Gasteiger partial charge in [-0.1, -0.05) is 40.2 Å². The molecule has 0 atom stereocenters. The van der Waals surface area contributed by atoms with Crippen LogP contribution in [-0.4, -0.2) is 14.8 Å². The molecule has 1 aliphatic rings. The minimum Gasteiger partial charge on any atom is -0.320 e. The first-order chi connectivity index (χ1) is 8.62. The lowest BCUT2D eigenvalue weighted by Crippen LogP contribution is -2.39. The van der Waals surface area contributed by atoms with Crippen molar-refractivity contribution in [3.63, 3.8) is 0 Å². The van der Waals surface area contributed by atoms with Crippen molar-refractivity contribution in [1.82, 2.24) is 14.8 Å². The summed E-state index contributed by atoms with van der Waals surface area (Å²) in [5, 5.41) is 8.32. The number of rotatable bonds is 2. The van der Waals surface area contributed by atoms with Crippen LogP contribution in [0, 0.1) is 0 Å². The third kappa shape index (κ3) is 1.63. The predicted molar refractivity (Wildman–Crippen MR) is 74.3 cm³/mol. The van der Waals surface area contributed by atoms with Crippen LogP contribution in [0.4, 0.5) is 0 Å². The first-order valence-electron chi connectivity index (χ1n) is 5.89. The van der Waals surface area contributed by atoms with E-state index < -0.39 is 0 Å². The van der Waals surface area contributed by atoms with Gasteiger partial charge in [-0.2, -0.15) is 0 Å². The molecular weight excluding hydrogens is 290 g/mol. The van der Waals surface area contributed by atoms with E-state index >= 15 is 0 Å². The second kappa shape index (κ2) is 4.05. The molecule has 3 nitrogen and oxygen atoms in total. The van der Waals surface area contributed by atoms with Gasteiger partial charge in [0.05, 0.1) is 5.41 Å². The molecule has 3 rings (SSSR count).